The molecule has 2 heterocycles. The molecule has 1 aromatic heterocycles. The van der Waals surface area contributed by atoms with Crippen molar-refractivity contribution in [2.45, 2.75) is 19.3 Å². The van der Waals surface area contributed by atoms with Gasteiger partial charge in [-0.1, -0.05) is 0 Å². The molecule has 0 fully saturated rings. The lowest BCUT2D eigenvalue weighted by molar-refractivity contribution is -0.110. The Morgan fingerprint density at radius 1 is 1.12 bits per heavy atom. The number of carbonyl (C=O) groups excluding carboxylic acids is 3. The van der Waals surface area contributed by atoms with E-state index in [1.165, 1.54) is 4.90 Å². The smallest absolute Gasteiger partial charge is 0.256 e. The number of H-pyrrole nitrogens is 1. The van der Waals surface area contributed by atoms with E-state index in [0.29, 0.717) is 28.8 Å². The molecule has 1 aliphatic carbocycles. The van der Waals surface area contributed by atoms with Gasteiger partial charge in [0.15, 0.2) is 5.78 Å². The van der Waals surface area contributed by atoms with Crippen molar-refractivity contribution in [3.8, 4) is 0 Å². The SMILES string of the molecule is CN(C)C(=O)c1ccc2c(c1)C(=Cc1cc3c([nH]1)CCCC3=O)C(=O)N2. The summed E-state index contributed by atoms with van der Waals surface area (Å²) < 4.78 is 0. The first-order chi connectivity index (χ1) is 12.4. The highest BCUT2D eigenvalue weighted by atomic mass is 16.2. The predicted molar refractivity (Wildman–Crippen MR) is 99.0 cm³/mol. The van der Waals surface area contributed by atoms with Gasteiger partial charge in [0.1, 0.15) is 0 Å². The second-order valence-electron chi connectivity index (χ2n) is 6.87. The Hall–Kier alpha value is -3.15. The molecule has 2 amide bonds. The Balaban J connectivity index is 1.76. The molecular formula is C20H19N3O3. The molecule has 0 bridgehead atoms. The molecule has 0 radical (unpaired) electrons. The third-order valence-electron chi connectivity index (χ3n) is 4.81. The van der Waals surface area contributed by atoms with E-state index >= 15 is 0 Å². The van der Waals surface area contributed by atoms with Gasteiger partial charge < -0.3 is 15.2 Å². The van der Waals surface area contributed by atoms with Gasteiger partial charge in [0, 0.05) is 54.3 Å². The zero-order chi connectivity index (χ0) is 18.4. The third-order valence-corrected chi connectivity index (χ3v) is 4.81. The summed E-state index contributed by atoms with van der Waals surface area (Å²) in [5.41, 5.74) is 4.77. The lowest BCUT2D eigenvalue weighted by Crippen LogP contribution is -2.21. The van der Waals surface area contributed by atoms with Crippen LogP contribution in [0, 0.1) is 0 Å². The van der Waals surface area contributed by atoms with E-state index in [0.717, 1.165) is 29.8 Å². The van der Waals surface area contributed by atoms with Crippen LogP contribution in [0.5, 0.6) is 0 Å². The lowest BCUT2D eigenvalue weighted by atomic mass is 9.97. The van der Waals surface area contributed by atoms with Crippen LogP contribution in [-0.4, -0.2) is 41.6 Å². The van der Waals surface area contributed by atoms with E-state index in [1.54, 1.807) is 38.4 Å². The maximum absolute atomic E-state index is 12.4. The van der Waals surface area contributed by atoms with E-state index in [1.807, 2.05) is 6.07 Å². The van der Waals surface area contributed by atoms with Crippen LogP contribution in [0.2, 0.25) is 0 Å². The van der Waals surface area contributed by atoms with Crippen molar-refractivity contribution in [1.29, 1.82) is 0 Å². The Morgan fingerprint density at radius 3 is 2.65 bits per heavy atom. The molecule has 0 saturated carbocycles. The second kappa shape index (κ2) is 5.98. The highest BCUT2D eigenvalue weighted by molar-refractivity contribution is 6.35. The van der Waals surface area contributed by atoms with Crippen LogP contribution < -0.4 is 5.32 Å². The van der Waals surface area contributed by atoms with Crippen LogP contribution in [0.3, 0.4) is 0 Å². The summed E-state index contributed by atoms with van der Waals surface area (Å²) in [4.78, 5) is 41.4. The van der Waals surface area contributed by atoms with Crippen molar-refractivity contribution in [2.24, 2.45) is 0 Å². The number of nitrogens with zero attached hydrogens (tertiary/aromatic N) is 1. The first-order valence-electron chi connectivity index (χ1n) is 8.58. The van der Waals surface area contributed by atoms with Gasteiger partial charge in [-0.25, -0.2) is 0 Å². The minimum Gasteiger partial charge on any atom is -0.358 e. The molecule has 1 aromatic carbocycles. The van der Waals surface area contributed by atoms with Crippen molar-refractivity contribution in [3.05, 3.63) is 52.3 Å². The van der Waals surface area contributed by atoms with Gasteiger partial charge in [0.05, 0.1) is 5.57 Å². The molecule has 26 heavy (non-hydrogen) atoms. The van der Waals surface area contributed by atoms with E-state index in [-0.39, 0.29) is 17.6 Å². The average molecular weight is 349 g/mol. The number of benzene rings is 1. The minimum atomic E-state index is -0.214. The van der Waals surface area contributed by atoms with Crippen LogP contribution in [0.1, 0.15) is 50.5 Å². The Kier molecular flexibility index (Phi) is 3.76. The fraction of sp³-hybridized carbons (Fsp3) is 0.250. The van der Waals surface area contributed by atoms with Crippen LogP contribution >= 0.6 is 0 Å². The maximum atomic E-state index is 12.4. The Labute approximate surface area is 150 Å². The molecule has 2 N–H and O–H groups in total. The van der Waals surface area contributed by atoms with Gasteiger partial charge in [-0.15, -0.1) is 0 Å². The summed E-state index contributed by atoms with van der Waals surface area (Å²) >= 11 is 0. The van der Waals surface area contributed by atoms with Crippen LogP contribution in [0.15, 0.2) is 24.3 Å². The largest absolute Gasteiger partial charge is 0.358 e. The molecular weight excluding hydrogens is 330 g/mol. The van der Waals surface area contributed by atoms with Gasteiger partial charge in [0.25, 0.3) is 11.8 Å². The lowest BCUT2D eigenvalue weighted by Gasteiger charge is -2.11. The zero-order valence-electron chi connectivity index (χ0n) is 14.7. The number of hydrogen-bond acceptors (Lipinski definition) is 3. The van der Waals surface area contributed by atoms with E-state index < -0.39 is 0 Å². The van der Waals surface area contributed by atoms with Crippen molar-refractivity contribution in [1.82, 2.24) is 9.88 Å². The first kappa shape index (κ1) is 16.3. The first-order valence-corrected chi connectivity index (χ1v) is 8.58. The van der Waals surface area contributed by atoms with Crippen molar-refractivity contribution in [2.75, 3.05) is 19.4 Å². The Morgan fingerprint density at radius 2 is 1.92 bits per heavy atom. The fourth-order valence-corrected chi connectivity index (χ4v) is 3.48. The van der Waals surface area contributed by atoms with Gasteiger partial charge in [-0.2, -0.15) is 0 Å². The molecule has 0 atom stereocenters. The summed E-state index contributed by atoms with van der Waals surface area (Å²) in [7, 11) is 3.38. The van der Waals surface area contributed by atoms with Gasteiger partial charge in [-0.3, -0.25) is 14.4 Å². The fourth-order valence-electron chi connectivity index (χ4n) is 3.48. The number of fused-ring (bicyclic) bond motifs is 2. The zero-order valence-corrected chi connectivity index (χ0v) is 14.7. The number of Topliss-reactive ketones (excluding diaryl/α,β-unsaturated/α-hetero) is 1. The van der Waals surface area contributed by atoms with Crippen molar-refractivity contribution in [3.63, 3.8) is 0 Å². The molecule has 6 nitrogen and oxygen atoms in total. The standard InChI is InChI=1S/C20H19N3O3/c1-23(2)20(26)11-6-7-17-13(8-11)14(19(25)22-17)9-12-10-15-16(21-12)4-3-5-18(15)24/h6-10,21H,3-5H2,1-2H3,(H,22,25). The number of rotatable bonds is 2. The summed E-state index contributed by atoms with van der Waals surface area (Å²) in [6, 6.07) is 6.99. The number of aromatic amines is 1. The minimum absolute atomic E-state index is 0.118. The summed E-state index contributed by atoms with van der Waals surface area (Å²) in [6.07, 6.45) is 4.01. The molecule has 0 unspecified atom stereocenters. The molecule has 1 aliphatic heterocycles. The quantitative estimate of drug-likeness (QED) is 0.818. The normalized spacial score (nSPS) is 17.1. The van der Waals surface area contributed by atoms with Gasteiger partial charge in [0.2, 0.25) is 0 Å². The molecule has 0 saturated heterocycles. The molecule has 4 rings (SSSR count). The highest BCUT2D eigenvalue weighted by Gasteiger charge is 2.26. The average Bonchev–Trinajstić information content (AvgIpc) is 3.16. The van der Waals surface area contributed by atoms with Gasteiger partial charge >= 0.3 is 0 Å². The monoisotopic (exact) mass is 349 g/mol. The topological polar surface area (TPSA) is 82.3 Å². The van der Waals surface area contributed by atoms with Crippen molar-refractivity contribution >= 4 is 34.9 Å². The number of nitrogens with one attached hydrogen (secondary N) is 2. The molecule has 132 valence electrons. The summed E-state index contributed by atoms with van der Waals surface area (Å²) in [5.74, 6) is -0.192. The number of aromatic nitrogens is 1. The predicted octanol–water partition coefficient (Wildman–Crippen LogP) is 2.73. The number of carbonyl (C=O) groups is 3. The van der Waals surface area contributed by atoms with Crippen molar-refractivity contribution < 1.29 is 14.4 Å². The number of anilines is 1. The van der Waals surface area contributed by atoms with E-state index in [4.69, 9.17) is 0 Å². The molecule has 6 heteroatoms. The van der Waals surface area contributed by atoms with Crippen LogP contribution in [0.4, 0.5) is 5.69 Å². The van der Waals surface area contributed by atoms with Gasteiger partial charge in [-0.05, 0) is 43.2 Å². The molecule has 2 aliphatic rings. The number of ketones is 1. The number of hydrogen-bond donors (Lipinski definition) is 2. The second-order valence-corrected chi connectivity index (χ2v) is 6.87. The third kappa shape index (κ3) is 2.63. The van der Waals surface area contributed by atoms with Crippen LogP contribution in [0.25, 0.3) is 11.6 Å². The number of aryl methyl sites for hydroxylation is 1. The summed E-state index contributed by atoms with van der Waals surface area (Å²) in [5, 5.41) is 2.82. The maximum Gasteiger partial charge on any atom is 0.256 e. The van der Waals surface area contributed by atoms with Crippen LogP contribution in [-0.2, 0) is 11.2 Å². The molecule has 2 aromatic rings. The van der Waals surface area contributed by atoms with E-state index in [9.17, 15) is 14.4 Å². The summed E-state index contributed by atoms with van der Waals surface area (Å²) in [6.45, 7) is 0. The van der Waals surface area contributed by atoms with E-state index in [2.05, 4.69) is 10.3 Å². The number of amides is 2. The molecule has 0 spiro atoms. The highest BCUT2D eigenvalue weighted by Crippen LogP contribution is 2.34. The Bertz CT molecular complexity index is 982.